The highest BCUT2D eigenvalue weighted by atomic mass is 19.1. The van der Waals surface area contributed by atoms with E-state index in [2.05, 4.69) is 20.4 Å². The van der Waals surface area contributed by atoms with E-state index in [9.17, 15) is 14.3 Å². The molecule has 5 heterocycles. The first-order valence-corrected chi connectivity index (χ1v) is 13.2. The molecule has 5 aromatic rings. The monoisotopic (exact) mass is 539 g/mol. The minimum Gasteiger partial charge on any atom is -0.508 e. The summed E-state index contributed by atoms with van der Waals surface area (Å²) in [6.07, 6.45) is 4.94. The van der Waals surface area contributed by atoms with Crippen molar-refractivity contribution >= 4 is 23.1 Å². The molecule has 0 radical (unpaired) electrons. The van der Waals surface area contributed by atoms with Crippen molar-refractivity contribution < 1.29 is 19.0 Å². The number of benzene rings is 2. The van der Waals surface area contributed by atoms with Crippen LogP contribution in [0.5, 0.6) is 5.75 Å². The van der Waals surface area contributed by atoms with Crippen molar-refractivity contribution in [2.45, 2.75) is 31.8 Å². The number of hydrogen-bond acceptors (Lipinski definition) is 7. The molecule has 0 spiro atoms. The van der Waals surface area contributed by atoms with Gasteiger partial charge < -0.3 is 20.1 Å². The molecule has 2 aliphatic heterocycles. The first-order valence-electron chi connectivity index (χ1n) is 13.2. The van der Waals surface area contributed by atoms with Gasteiger partial charge in [-0.25, -0.2) is 13.9 Å². The van der Waals surface area contributed by atoms with Crippen LogP contribution in [0.15, 0.2) is 60.9 Å². The number of aromatic hydroxyl groups is 1. The van der Waals surface area contributed by atoms with Crippen LogP contribution >= 0.6 is 0 Å². The van der Waals surface area contributed by atoms with Crippen molar-refractivity contribution in [3.63, 3.8) is 0 Å². The number of aromatic amines is 1. The number of nitrogens with zero attached hydrogens (tertiary/aromatic N) is 5. The predicted molar refractivity (Wildman–Crippen MR) is 146 cm³/mol. The zero-order valence-corrected chi connectivity index (χ0v) is 21.5. The molecular formula is C29H26FN7O3. The number of amides is 1. The van der Waals surface area contributed by atoms with E-state index >= 15 is 0 Å². The second-order valence-corrected chi connectivity index (χ2v) is 10.1. The normalized spacial score (nSPS) is 15.5. The van der Waals surface area contributed by atoms with Crippen LogP contribution in [-0.4, -0.2) is 49.0 Å². The molecule has 0 aliphatic carbocycles. The van der Waals surface area contributed by atoms with Gasteiger partial charge in [-0.05, 0) is 54.2 Å². The van der Waals surface area contributed by atoms with E-state index < -0.39 is 0 Å². The molecule has 2 aromatic carbocycles. The average molecular weight is 540 g/mol. The number of aromatic nitrogens is 5. The smallest absolute Gasteiger partial charge is 0.276 e. The van der Waals surface area contributed by atoms with Gasteiger partial charge in [0.05, 0.1) is 11.9 Å². The molecule has 0 unspecified atom stereocenters. The summed E-state index contributed by atoms with van der Waals surface area (Å²) < 4.78 is 21.3. The lowest BCUT2D eigenvalue weighted by atomic mass is 9.91. The fraction of sp³-hybridized carbons (Fsp3) is 0.241. The van der Waals surface area contributed by atoms with Gasteiger partial charge in [-0.15, -0.1) is 0 Å². The average Bonchev–Trinajstić information content (AvgIpc) is 3.71. The Kier molecular flexibility index (Phi) is 5.93. The van der Waals surface area contributed by atoms with Gasteiger partial charge in [-0.3, -0.25) is 9.89 Å². The first kappa shape index (κ1) is 24.3. The Labute approximate surface area is 228 Å². The van der Waals surface area contributed by atoms with E-state index in [1.54, 1.807) is 41.2 Å². The third-order valence-corrected chi connectivity index (χ3v) is 7.57. The van der Waals surface area contributed by atoms with E-state index in [-0.39, 0.29) is 29.1 Å². The van der Waals surface area contributed by atoms with Gasteiger partial charge >= 0.3 is 0 Å². The Morgan fingerprint density at radius 2 is 1.95 bits per heavy atom. The Hall–Kier alpha value is -4.77. The number of hydrogen-bond donors (Lipinski definition) is 3. The fourth-order valence-corrected chi connectivity index (χ4v) is 5.61. The van der Waals surface area contributed by atoms with Gasteiger partial charge in [0.2, 0.25) is 0 Å². The molecule has 2 aliphatic rings. The summed E-state index contributed by atoms with van der Waals surface area (Å²) in [4.78, 5) is 20.9. The lowest BCUT2D eigenvalue weighted by Crippen LogP contribution is -2.20. The van der Waals surface area contributed by atoms with Crippen LogP contribution < -0.4 is 10.2 Å². The van der Waals surface area contributed by atoms with Gasteiger partial charge in [0.1, 0.15) is 17.4 Å². The van der Waals surface area contributed by atoms with Crippen molar-refractivity contribution in [2.75, 3.05) is 23.4 Å². The summed E-state index contributed by atoms with van der Waals surface area (Å²) in [5.41, 5.74) is 5.58. The number of ether oxygens (including phenoxy) is 1. The zero-order valence-electron chi connectivity index (χ0n) is 21.5. The van der Waals surface area contributed by atoms with Crippen molar-refractivity contribution in [3.8, 4) is 17.0 Å². The van der Waals surface area contributed by atoms with Crippen molar-refractivity contribution in [3.05, 3.63) is 89.1 Å². The number of nitrogens with one attached hydrogen (secondary N) is 2. The number of rotatable bonds is 5. The molecule has 3 aromatic heterocycles. The topological polar surface area (TPSA) is 121 Å². The summed E-state index contributed by atoms with van der Waals surface area (Å²) in [6.45, 7) is 2.27. The third kappa shape index (κ3) is 4.34. The van der Waals surface area contributed by atoms with Gasteiger partial charge in [0.25, 0.3) is 5.91 Å². The first-order chi connectivity index (χ1) is 19.5. The summed E-state index contributed by atoms with van der Waals surface area (Å²) in [7, 11) is 0. The van der Waals surface area contributed by atoms with E-state index in [1.165, 1.54) is 12.1 Å². The molecule has 7 rings (SSSR count). The van der Waals surface area contributed by atoms with Crippen LogP contribution in [0, 0.1) is 5.82 Å². The van der Waals surface area contributed by atoms with Gasteiger partial charge in [0, 0.05) is 61.4 Å². The molecule has 3 N–H and O–H groups in total. The molecular weight excluding hydrogens is 513 g/mol. The van der Waals surface area contributed by atoms with E-state index in [1.807, 2.05) is 12.1 Å². The molecule has 0 saturated carbocycles. The van der Waals surface area contributed by atoms with Crippen LogP contribution in [0.3, 0.4) is 0 Å². The largest absolute Gasteiger partial charge is 0.508 e. The number of phenols is 1. The number of carbonyl (C=O) groups excluding carboxylic acids is 1. The van der Waals surface area contributed by atoms with Crippen LogP contribution in [-0.2, 0) is 17.8 Å². The molecule has 1 saturated heterocycles. The Balaban J connectivity index is 1.39. The van der Waals surface area contributed by atoms with Gasteiger partial charge in [0.15, 0.2) is 11.3 Å². The Morgan fingerprint density at radius 3 is 2.75 bits per heavy atom. The number of phenolic OH excluding ortho intramolecular Hbond substituents is 1. The minimum absolute atomic E-state index is 0.0148. The minimum atomic E-state index is -0.388. The maximum atomic E-state index is 13.9. The van der Waals surface area contributed by atoms with Crippen LogP contribution in [0.2, 0.25) is 0 Å². The maximum Gasteiger partial charge on any atom is 0.276 e. The molecule has 0 bridgehead atoms. The maximum absolute atomic E-state index is 13.9. The lowest BCUT2D eigenvalue weighted by Gasteiger charge is -2.23. The highest BCUT2D eigenvalue weighted by molar-refractivity contribution is 6.05. The number of halogens is 1. The Bertz CT molecular complexity index is 1730. The molecule has 40 heavy (non-hydrogen) atoms. The van der Waals surface area contributed by atoms with Crippen LogP contribution in [0.1, 0.15) is 45.9 Å². The Morgan fingerprint density at radius 1 is 1.10 bits per heavy atom. The summed E-state index contributed by atoms with van der Waals surface area (Å²) >= 11 is 0. The van der Waals surface area contributed by atoms with Gasteiger partial charge in [-0.2, -0.15) is 10.2 Å². The number of carbonyl (C=O) groups is 1. The van der Waals surface area contributed by atoms with Crippen molar-refractivity contribution in [2.24, 2.45) is 0 Å². The predicted octanol–water partition coefficient (Wildman–Crippen LogP) is 4.63. The summed E-state index contributed by atoms with van der Waals surface area (Å²) in [5, 5.41) is 24.6. The van der Waals surface area contributed by atoms with E-state index in [0.29, 0.717) is 43.5 Å². The molecule has 1 amide bonds. The molecule has 1 fully saturated rings. The number of anilines is 2. The highest BCUT2D eigenvalue weighted by Crippen LogP contribution is 2.37. The van der Waals surface area contributed by atoms with E-state index in [4.69, 9.17) is 14.8 Å². The van der Waals surface area contributed by atoms with Crippen LogP contribution in [0.25, 0.3) is 16.9 Å². The standard InChI is InChI=1S/C29H26FN7O3/c30-21-5-4-18-15-36(16-19(18)10-21)25-12-24(20-13-31-32-14-20)37-28(34-25)26(17-6-8-40-9-7-17)27(35-37)29(39)33-22-2-1-3-23(38)11-22/h1-5,10-14,17,38H,6-9,15-16H2,(H,31,32)(H,33,39). The molecule has 10 nitrogen and oxygen atoms in total. The third-order valence-electron chi connectivity index (χ3n) is 7.57. The second-order valence-electron chi connectivity index (χ2n) is 10.1. The van der Waals surface area contributed by atoms with Crippen LogP contribution in [0.4, 0.5) is 15.9 Å². The fourth-order valence-electron chi connectivity index (χ4n) is 5.61. The molecule has 202 valence electrons. The quantitative estimate of drug-likeness (QED) is 0.298. The summed E-state index contributed by atoms with van der Waals surface area (Å²) in [5.74, 6) is 0.122. The highest BCUT2D eigenvalue weighted by Gasteiger charge is 2.31. The summed E-state index contributed by atoms with van der Waals surface area (Å²) in [6, 6.07) is 13.2. The van der Waals surface area contributed by atoms with E-state index in [0.717, 1.165) is 40.8 Å². The van der Waals surface area contributed by atoms with Crippen molar-refractivity contribution in [1.29, 1.82) is 0 Å². The lowest BCUT2D eigenvalue weighted by molar-refractivity contribution is 0.0848. The number of H-pyrrole nitrogens is 1. The SMILES string of the molecule is O=C(Nc1cccc(O)c1)c1nn2c(-c3cn[nH]c3)cc(N3Cc4ccc(F)cc4C3)nc2c1C1CCOCC1. The van der Waals surface area contributed by atoms with Crippen molar-refractivity contribution in [1.82, 2.24) is 24.8 Å². The van der Waals surface area contributed by atoms with Gasteiger partial charge in [-0.1, -0.05) is 12.1 Å². The number of fused-ring (bicyclic) bond motifs is 2. The molecule has 0 atom stereocenters. The zero-order chi connectivity index (χ0) is 27.2. The molecule has 11 heteroatoms. The second kappa shape index (κ2) is 9.76.